The van der Waals surface area contributed by atoms with Gasteiger partial charge in [0.05, 0.1) is 11.1 Å². The Hall–Kier alpha value is -2.17. The smallest absolute Gasteiger partial charge is 0.175 e. The molecule has 146 valence electrons. The van der Waals surface area contributed by atoms with Gasteiger partial charge in [0.2, 0.25) is 0 Å². The van der Waals surface area contributed by atoms with Gasteiger partial charge in [-0.05, 0) is 82.9 Å². The van der Waals surface area contributed by atoms with Crippen LogP contribution >= 0.6 is 27.5 Å². The van der Waals surface area contributed by atoms with Gasteiger partial charge in [-0.25, -0.2) is 0 Å². The molecular weight excluding hydrogens is 438 g/mol. The predicted octanol–water partition coefficient (Wildman–Crippen LogP) is 7.00. The molecule has 0 atom stereocenters. The molecule has 0 aromatic heterocycles. The topological polar surface area (TPSA) is 30.5 Å². The summed E-state index contributed by atoms with van der Waals surface area (Å²) < 4.78 is 12.7. The van der Waals surface area contributed by atoms with Crippen LogP contribution in [0.25, 0.3) is 0 Å². The summed E-state index contributed by atoms with van der Waals surface area (Å²) in [4.78, 5) is 0. The second kappa shape index (κ2) is 9.85. The van der Waals surface area contributed by atoms with Crippen LogP contribution < -0.4 is 14.8 Å². The second-order valence-electron chi connectivity index (χ2n) is 6.48. The Kier molecular flexibility index (Phi) is 7.24. The van der Waals surface area contributed by atoms with Crippen molar-refractivity contribution in [2.24, 2.45) is 0 Å². The molecule has 0 radical (unpaired) electrons. The van der Waals surface area contributed by atoms with E-state index in [1.54, 1.807) is 0 Å². The SMILES string of the molecule is CCOc1cc(CNc2cccc(C)c2)cc(Br)c1OCc1ccc(Cl)cc1. The lowest BCUT2D eigenvalue weighted by atomic mass is 10.1. The van der Waals surface area contributed by atoms with Crippen LogP contribution in [0.4, 0.5) is 5.69 Å². The molecule has 0 bridgehead atoms. The maximum absolute atomic E-state index is 6.04. The van der Waals surface area contributed by atoms with E-state index in [0.29, 0.717) is 30.5 Å². The number of benzene rings is 3. The number of rotatable bonds is 8. The Labute approximate surface area is 179 Å². The fourth-order valence-corrected chi connectivity index (χ4v) is 3.55. The highest BCUT2D eigenvalue weighted by atomic mass is 79.9. The highest BCUT2D eigenvalue weighted by Crippen LogP contribution is 2.37. The Morgan fingerprint density at radius 2 is 1.75 bits per heavy atom. The second-order valence-corrected chi connectivity index (χ2v) is 7.77. The zero-order chi connectivity index (χ0) is 19.9. The lowest BCUT2D eigenvalue weighted by molar-refractivity contribution is 0.267. The third-order valence-electron chi connectivity index (χ3n) is 4.18. The summed E-state index contributed by atoms with van der Waals surface area (Å²) >= 11 is 9.58. The molecule has 28 heavy (non-hydrogen) atoms. The molecule has 0 unspecified atom stereocenters. The zero-order valence-electron chi connectivity index (χ0n) is 16.0. The minimum Gasteiger partial charge on any atom is -0.490 e. The fraction of sp³-hybridized carbons (Fsp3) is 0.217. The van der Waals surface area contributed by atoms with Crippen molar-refractivity contribution in [3.8, 4) is 11.5 Å². The molecule has 0 aliphatic heterocycles. The Balaban J connectivity index is 1.74. The number of ether oxygens (including phenoxy) is 2. The predicted molar refractivity (Wildman–Crippen MR) is 120 cm³/mol. The number of aryl methyl sites for hydroxylation is 1. The zero-order valence-corrected chi connectivity index (χ0v) is 18.3. The first kappa shape index (κ1) is 20.6. The third-order valence-corrected chi connectivity index (χ3v) is 5.02. The lowest BCUT2D eigenvalue weighted by Crippen LogP contribution is -2.04. The summed E-state index contributed by atoms with van der Waals surface area (Å²) in [5, 5.41) is 4.16. The van der Waals surface area contributed by atoms with Crippen molar-refractivity contribution >= 4 is 33.2 Å². The Morgan fingerprint density at radius 3 is 2.46 bits per heavy atom. The largest absolute Gasteiger partial charge is 0.490 e. The average Bonchev–Trinajstić information content (AvgIpc) is 2.67. The minimum atomic E-state index is 0.441. The van der Waals surface area contributed by atoms with Gasteiger partial charge in [-0.15, -0.1) is 0 Å². The first-order valence-electron chi connectivity index (χ1n) is 9.18. The van der Waals surface area contributed by atoms with Crippen LogP contribution in [0.5, 0.6) is 11.5 Å². The van der Waals surface area contributed by atoms with Crippen LogP contribution in [0, 0.1) is 6.92 Å². The summed E-state index contributed by atoms with van der Waals surface area (Å²) in [5.74, 6) is 1.43. The summed E-state index contributed by atoms with van der Waals surface area (Å²) in [6.07, 6.45) is 0. The third kappa shape index (κ3) is 5.66. The number of halogens is 2. The maximum atomic E-state index is 6.04. The summed E-state index contributed by atoms with van der Waals surface area (Å²) in [6.45, 7) is 5.76. The highest BCUT2D eigenvalue weighted by Gasteiger charge is 2.13. The van der Waals surface area contributed by atoms with Crippen molar-refractivity contribution in [3.05, 3.63) is 86.8 Å². The van der Waals surface area contributed by atoms with E-state index in [0.717, 1.165) is 27.0 Å². The summed E-state index contributed by atoms with van der Waals surface area (Å²) in [5.41, 5.74) is 4.48. The number of hydrogen-bond donors (Lipinski definition) is 1. The highest BCUT2D eigenvalue weighted by molar-refractivity contribution is 9.10. The lowest BCUT2D eigenvalue weighted by Gasteiger charge is -2.16. The van der Waals surface area contributed by atoms with Gasteiger partial charge in [0, 0.05) is 17.3 Å². The molecule has 0 spiro atoms. The van der Waals surface area contributed by atoms with Gasteiger partial charge < -0.3 is 14.8 Å². The molecule has 3 rings (SSSR count). The molecular formula is C23H23BrClNO2. The van der Waals surface area contributed by atoms with E-state index < -0.39 is 0 Å². The van der Waals surface area contributed by atoms with Gasteiger partial charge in [-0.2, -0.15) is 0 Å². The quantitative estimate of drug-likeness (QED) is 0.392. The van der Waals surface area contributed by atoms with E-state index in [4.69, 9.17) is 21.1 Å². The van der Waals surface area contributed by atoms with Gasteiger partial charge in [-0.3, -0.25) is 0 Å². The Morgan fingerprint density at radius 1 is 0.964 bits per heavy atom. The molecule has 0 aliphatic rings. The molecule has 3 aromatic rings. The van der Waals surface area contributed by atoms with Gasteiger partial charge in [0.1, 0.15) is 6.61 Å². The van der Waals surface area contributed by atoms with Crippen LogP contribution in [-0.4, -0.2) is 6.61 Å². The summed E-state index contributed by atoms with van der Waals surface area (Å²) in [6, 6.07) is 20.0. The molecule has 5 heteroatoms. The number of hydrogen-bond acceptors (Lipinski definition) is 3. The van der Waals surface area contributed by atoms with E-state index >= 15 is 0 Å². The first-order chi connectivity index (χ1) is 13.5. The van der Waals surface area contributed by atoms with Crippen molar-refractivity contribution < 1.29 is 9.47 Å². The average molecular weight is 461 g/mol. The number of anilines is 1. The van der Waals surface area contributed by atoms with Gasteiger partial charge in [-0.1, -0.05) is 35.9 Å². The molecule has 0 saturated heterocycles. The van der Waals surface area contributed by atoms with Crippen molar-refractivity contribution in [2.45, 2.75) is 27.0 Å². The monoisotopic (exact) mass is 459 g/mol. The normalized spacial score (nSPS) is 10.6. The Bertz CT molecular complexity index is 928. The summed E-state index contributed by atoms with van der Waals surface area (Å²) in [7, 11) is 0. The molecule has 0 fully saturated rings. The van der Waals surface area contributed by atoms with Crippen LogP contribution in [0.3, 0.4) is 0 Å². The van der Waals surface area contributed by atoms with Crippen LogP contribution in [0.2, 0.25) is 5.02 Å². The standard InChI is InChI=1S/C23H23BrClNO2/c1-3-27-22-13-18(14-26-20-6-4-5-16(2)11-20)12-21(24)23(22)28-15-17-7-9-19(25)10-8-17/h4-13,26H,3,14-15H2,1-2H3. The van der Waals surface area contributed by atoms with Gasteiger partial charge in [0.15, 0.2) is 11.5 Å². The van der Waals surface area contributed by atoms with Crippen molar-refractivity contribution in [1.29, 1.82) is 0 Å². The van der Waals surface area contributed by atoms with Crippen molar-refractivity contribution in [3.63, 3.8) is 0 Å². The van der Waals surface area contributed by atoms with Crippen molar-refractivity contribution in [1.82, 2.24) is 0 Å². The molecule has 3 aromatic carbocycles. The molecule has 0 aliphatic carbocycles. The van der Waals surface area contributed by atoms with Gasteiger partial charge in [0.25, 0.3) is 0 Å². The molecule has 0 heterocycles. The molecule has 3 nitrogen and oxygen atoms in total. The van der Waals surface area contributed by atoms with E-state index in [1.165, 1.54) is 5.56 Å². The number of nitrogens with one attached hydrogen (secondary N) is 1. The molecule has 0 amide bonds. The van der Waals surface area contributed by atoms with E-state index in [-0.39, 0.29) is 0 Å². The van der Waals surface area contributed by atoms with Crippen LogP contribution in [0.1, 0.15) is 23.6 Å². The fourth-order valence-electron chi connectivity index (χ4n) is 2.82. The van der Waals surface area contributed by atoms with Crippen LogP contribution in [0.15, 0.2) is 65.1 Å². The molecule has 0 saturated carbocycles. The maximum Gasteiger partial charge on any atom is 0.175 e. The minimum absolute atomic E-state index is 0.441. The molecule has 1 N–H and O–H groups in total. The van der Waals surface area contributed by atoms with Gasteiger partial charge >= 0.3 is 0 Å². The van der Waals surface area contributed by atoms with E-state index in [2.05, 4.69) is 52.4 Å². The van der Waals surface area contributed by atoms with E-state index in [1.807, 2.05) is 43.3 Å². The van der Waals surface area contributed by atoms with Crippen LogP contribution in [-0.2, 0) is 13.2 Å². The van der Waals surface area contributed by atoms with Crippen molar-refractivity contribution in [2.75, 3.05) is 11.9 Å². The van der Waals surface area contributed by atoms with E-state index in [9.17, 15) is 0 Å². The first-order valence-corrected chi connectivity index (χ1v) is 10.3.